The number of carbonyl (C=O) groups excluding carboxylic acids is 2. The Morgan fingerprint density at radius 3 is 2.91 bits per heavy atom. The summed E-state index contributed by atoms with van der Waals surface area (Å²) in [5.41, 5.74) is 2.12. The van der Waals surface area contributed by atoms with Crippen molar-refractivity contribution in [2.45, 2.75) is 38.6 Å². The number of benzene rings is 1. The van der Waals surface area contributed by atoms with E-state index >= 15 is 0 Å². The zero-order chi connectivity index (χ0) is 15.5. The van der Waals surface area contributed by atoms with Gasteiger partial charge >= 0.3 is 6.09 Å². The summed E-state index contributed by atoms with van der Waals surface area (Å²) in [6.45, 7) is 2.12. The highest BCUT2D eigenvalue weighted by Crippen LogP contribution is 2.41. The van der Waals surface area contributed by atoms with Crippen LogP contribution in [-0.4, -0.2) is 23.4 Å². The molecule has 4 nitrogen and oxygen atoms in total. The normalized spacial score (nSPS) is 24.0. The third kappa shape index (κ3) is 2.65. The van der Waals surface area contributed by atoms with E-state index in [1.165, 1.54) is 0 Å². The van der Waals surface area contributed by atoms with Crippen LogP contribution in [0, 0.1) is 5.92 Å². The second-order valence-electron chi connectivity index (χ2n) is 5.81. The number of amides is 1. The van der Waals surface area contributed by atoms with E-state index in [1.807, 2.05) is 30.3 Å². The first kappa shape index (κ1) is 14.8. The first-order chi connectivity index (χ1) is 10.7. The number of ketones is 1. The van der Waals surface area contributed by atoms with Gasteiger partial charge in [0.15, 0.2) is 0 Å². The smallest absolute Gasteiger partial charge is 0.414 e. The molecule has 1 aromatic carbocycles. The molecule has 1 aromatic rings. The van der Waals surface area contributed by atoms with Crippen molar-refractivity contribution in [2.75, 3.05) is 6.61 Å². The fraction of sp³-hybridized carbons (Fsp3) is 0.444. The van der Waals surface area contributed by atoms with Crippen LogP contribution in [0.15, 0.2) is 30.5 Å². The van der Waals surface area contributed by atoms with Crippen molar-refractivity contribution in [1.82, 2.24) is 4.90 Å². The van der Waals surface area contributed by atoms with Gasteiger partial charge in [0, 0.05) is 18.5 Å². The van der Waals surface area contributed by atoms with Crippen LogP contribution in [-0.2, 0) is 9.53 Å². The molecule has 1 aliphatic carbocycles. The van der Waals surface area contributed by atoms with E-state index in [9.17, 15) is 9.59 Å². The monoisotopic (exact) mass is 299 g/mol. The largest absolute Gasteiger partial charge is 0.449 e. The number of ether oxygens (including phenoxy) is 1. The van der Waals surface area contributed by atoms with E-state index in [1.54, 1.807) is 18.0 Å². The zero-order valence-corrected chi connectivity index (χ0v) is 12.8. The minimum absolute atomic E-state index is 0.135. The highest BCUT2D eigenvalue weighted by atomic mass is 16.6. The Bertz CT molecular complexity index is 608. The molecular formula is C18H21NO3. The minimum Gasteiger partial charge on any atom is -0.449 e. The maximum atomic E-state index is 12.4. The molecule has 1 heterocycles. The van der Waals surface area contributed by atoms with E-state index in [0.717, 1.165) is 30.4 Å². The summed E-state index contributed by atoms with van der Waals surface area (Å²) >= 11 is 0. The zero-order valence-electron chi connectivity index (χ0n) is 12.8. The Kier molecular flexibility index (Phi) is 4.27. The third-order valence-corrected chi connectivity index (χ3v) is 4.49. The first-order valence-corrected chi connectivity index (χ1v) is 7.97. The summed E-state index contributed by atoms with van der Waals surface area (Å²) in [5, 5.41) is 0. The molecule has 3 rings (SSSR count). The van der Waals surface area contributed by atoms with E-state index in [-0.39, 0.29) is 23.8 Å². The Hall–Kier alpha value is -2.10. The van der Waals surface area contributed by atoms with Gasteiger partial charge in [0.05, 0.1) is 12.6 Å². The van der Waals surface area contributed by atoms with Crippen molar-refractivity contribution in [3.8, 4) is 0 Å². The molecule has 4 heteroatoms. The maximum Gasteiger partial charge on any atom is 0.414 e. The topological polar surface area (TPSA) is 46.6 Å². The lowest BCUT2D eigenvalue weighted by Gasteiger charge is -2.38. The molecule has 0 aromatic heterocycles. The van der Waals surface area contributed by atoms with Crippen molar-refractivity contribution in [2.24, 2.45) is 5.92 Å². The van der Waals surface area contributed by atoms with E-state index in [0.29, 0.717) is 13.0 Å². The Morgan fingerprint density at radius 1 is 1.32 bits per heavy atom. The highest BCUT2D eigenvalue weighted by Gasteiger charge is 2.39. The van der Waals surface area contributed by atoms with Crippen molar-refractivity contribution in [1.29, 1.82) is 0 Å². The molecule has 2 aliphatic rings. The van der Waals surface area contributed by atoms with Crippen LogP contribution in [0.3, 0.4) is 0 Å². The Morgan fingerprint density at radius 2 is 2.14 bits per heavy atom. The predicted octanol–water partition coefficient (Wildman–Crippen LogP) is 3.93. The molecule has 0 spiro atoms. The van der Waals surface area contributed by atoms with Crippen LogP contribution in [0.4, 0.5) is 4.79 Å². The van der Waals surface area contributed by atoms with Crippen LogP contribution < -0.4 is 0 Å². The molecule has 116 valence electrons. The van der Waals surface area contributed by atoms with Crippen LogP contribution in [0.2, 0.25) is 0 Å². The Labute approximate surface area is 130 Å². The van der Waals surface area contributed by atoms with Crippen molar-refractivity contribution >= 4 is 18.0 Å². The van der Waals surface area contributed by atoms with Gasteiger partial charge in [-0.15, -0.1) is 0 Å². The van der Waals surface area contributed by atoms with Gasteiger partial charge in [0.2, 0.25) is 0 Å². The summed E-state index contributed by atoms with van der Waals surface area (Å²) in [6, 6.07) is 7.73. The lowest BCUT2D eigenvalue weighted by Crippen LogP contribution is -2.40. The molecule has 0 radical (unpaired) electrons. The van der Waals surface area contributed by atoms with Crippen molar-refractivity contribution in [3.63, 3.8) is 0 Å². The fourth-order valence-corrected chi connectivity index (χ4v) is 3.46. The number of rotatable bonds is 2. The van der Waals surface area contributed by atoms with Crippen LogP contribution >= 0.6 is 0 Å². The molecule has 1 saturated carbocycles. The summed E-state index contributed by atoms with van der Waals surface area (Å²) < 4.78 is 5.18. The third-order valence-electron chi connectivity index (χ3n) is 4.49. The van der Waals surface area contributed by atoms with Gasteiger partial charge in [0.25, 0.3) is 0 Å². The second kappa shape index (κ2) is 6.34. The SMILES string of the molecule is CCOC(=O)N1C=Cc2ccccc2C1C1CCCCC1=O. The number of carbonyl (C=O) groups is 2. The summed E-state index contributed by atoms with van der Waals surface area (Å²) in [6.07, 6.45) is 6.74. The number of hydrogen-bond donors (Lipinski definition) is 0. The van der Waals surface area contributed by atoms with E-state index in [2.05, 4.69) is 0 Å². The standard InChI is InChI=1S/C18H21NO3/c1-2-22-18(21)19-12-11-13-7-3-4-8-14(13)17(19)15-9-5-6-10-16(15)20/h3-4,7-8,11-12,15,17H,2,5-6,9-10H2,1H3. The molecule has 1 aliphatic heterocycles. The van der Waals surface area contributed by atoms with E-state index < -0.39 is 0 Å². The average molecular weight is 299 g/mol. The number of nitrogens with zero attached hydrogens (tertiary/aromatic N) is 1. The molecule has 0 saturated heterocycles. The maximum absolute atomic E-state index is 12.4. The predicted molar refractivity (Wildman–Crippen MR) is 84.0 cm³/mol. The van der Waals surface area contributed by atoms with Crippen LogP contribution in [0.25, 0.3) is 6.08 Å². The molecule has 2 atom stereocenters. The average Bonchev–Trinajstić information content (AvgIpc) is 2.54. The first-order valence-electron chi connectivity index (χ1n) is 7.97. The molecule has 22 heavy (non-hydrogen) atoms. The number of Topliss-reactive ketones (excluding diaryl/α,β-unsaturated/α-hetero) is 1. The minimum atomic E-state index is -0.378. The van der Waals surface area contributed by atoms with Gasteiger partial charge in [-0.1, -0.05) is 30.7 Å². The molecule has 1 fully saturated rings. The molecular weight excluding hydrogens is 278 g/mol. The lowest BCUT2D eigenvalue weighted by molar-refractivity contribution is -0.126. The van der Waals surface area contributed by atoms with Crippen LogP contribution in [0.5, 0.6) is 0 Å². The summed E-state index contributed by atoms with van der Waals surface area (Å²) in [4.78, 5) is 26.3. The van der Waals surface area contributed by atoms with Gasteiger partial charge in [-0.25, -0.2) is 4.79 Å². The van der Waals surface area contributed by atoms with Gasteiger partial charge in [-0.05, 0) is 37.0 Å². The fourth-order valence-electron chi connectivity index (χ4n) is 3.46. The molecule has 1 amide bonds. The van der Waals surface area contributed by atoms with Gasteiger partial charge < -0.3 is 4.74 Å². The summed E-state index contributed by atoms with van der Waals surface area (Å²) in [5.74, 6) is 0.125. The molecule has 2 unspecified atom stereocenters. The second-order valence-corrected chi connectivity index (χ2v) is 5.81. The van der Waals surface area contributed by atoms with Crippen LogP contribution in [0.1, 0.15) is 49.8 Å². The van der Waals surface area contributed by atoms with Gasteiger partial charge in [0.1, 0.15) is 5.78 Å². The summed E-state index contributed by atoms with van der Waals surface area (Å²) in [7, 11) is 0. The van der Waals surface area contributed by atoms with E-state index in [4.69, 9.17) is 4.74 Å². The van der Waals surface area contributed by atoms with Crippen molar-refractivity contribution < 1.29 is 14.3 Å². The van der Waals surface area contributed by atoms with Crippen molar-refractivity contribution in [3.05, 3.63) is 41.6 Å². The number of hydrogen-bond acceptors (Lipinski definition) is 3. The van der Waals surface area contributed by atoms with Gasteiger partial charge in [-0.2, -0.15) is 0 Å². The van der Waals surface area contributed by atoms with Gasteiger partial charge in [-0.3, -0.25) is 9.69 Å². The molecule has 0 bridgehead atoms. The quantitative estimate of drug-likeness (QED) is 0.831. The lowest BCUT2D eigenvalue weighted by atomic mass is 9.77. The Balaban J connectivity index is 2.00. The highest BCUT2D eigenvalue weighted by molar-refractivity contribution is 5.84. The number of fused-ring (bicyclic) bond motifs is 1. The molecule has 0 N–H and O–H groups in total.